The summed E-state index contributed by atoms with van der Waals surface area (Å²) in [7, 11) is 1.24. The van der Waals surface area contributed by atoms with Crippen molar-refractivity contribution in [3.8, 4) is 5.75 Å². The van der Waals surface area contributed by atoms with Crippen LogP contribution < -0.4 is 10.1 Å². The molecule has 0 amide bonds. The molecule has 0 radical (unpaired) electrons. The Kier molecular flexibility index (Phi) is 4.52. The average Bonchev–Trinajstić information content (AvgIpc) is 2.17. The van der Waals surface area contributed by atoms with Crippen LogP contribution in [-0.2, 0) is 0 Å². The minimum absolute atomic E-state index is 0.192. The van der Waals surface area contributed by atoms with Crippen LogP contribution in [0.4, 0.5) is 14.5 Å². The summed E-state index contributed by atoms with van der Waals surface area (Å²) in [6.45, 7) is 4.04. The Bertz CT molecular complexity index is 332. The molecule has 0 saturated heterocycles. The fourth-order valence-electron chi connectivity index (χ4n) is 1.63. The molecule has 1 atom stereocenters. The molecule has 0 aromatic heterocycles. The summed E-state index contributed by atoms with van der Waals surface area (Å²) >= 11 is 0. The Hall–Kier alpha value is -1.32. The zero-order chi connectivity index (χ0) is 12.1. The molecule has 1 unspecified atom stereocenters. The van der Waals surface area contributed by atoms with E-state index in [2.05, 4.69) is 17.0 Å². The van der Waals surface area contributed by atoms with Gasteiger partial charge < -0.3 is 10.1 Å². The van der Waals surface area contributed by atoms with Gasteiger partial charge >= 0.3 is 0 Å². The molecule has 0 saturated carbocycles. The third-order valence-electron chi connectivity index (χ3n) is 2.34. The van der Waals surface area contributed by atoms with E-state index in [1.54, 1.807) is 0 Å². The number of hydrogen-bond donors (Lipinski definition) is 1. The van der Waals surface area contributed by atoms with Crippen molar-refractivity contribution in [2.24, 2.45) is 0 Å². The summed E-state index contributed by atoms with van der Waals surface area (Å²) in [5, 5.41) is 3.04. The molecule has 1 aromatic carbocycles. The topological polar surface area (TPSA) is 21.3 Å². The SMILES string of the molecule is CCCC(C)Nc1cc(F)c(OC)c(F)c1. The Morgan fingerprint density at radius 2 is 1.88 bits per heavy atom. The highest BCUT2D eigenvalue weighted by Gasteiger charge is 2.12. The van der Waals surface area contributed by atoms with Crippen LogP contribution in [0, 0.1) is 11.6 Å². The van der Waals surface area contributed by atoms with Gasteiger partial charge in [-0.2, -0.15) is 0 Å². The van der Waals surface area contributed by atoms with Gasteiger partial charge in [0.05, 0.1) is 7.11 Å². The third-order valence-corrected chi connectivity index (χ3v) is 2.34. The fraction of sp³-hybridized carbons (Fsp3) is 0.500. The monoisotopic (exact) mass is 229 g/mol. The van der Waals surface area contributed by atoms with Gasteiger partial charge in [0.15, 0.2) is 17.4 Å². The van der Waals surface area contributed by atoms with Gasteiger partial charge in [0.25, 0.3) is 0 Å². The molecule has 0 aliphatic heterocycles. The quantitative estimate of drug-likeness (QED) is 0.833. The highest BCUT2D eigenvalue weighted by molar-refractivity contribution is 5.48. The maximum atomic E-state index is 13.3. The molecular formula is C12H17F2NO. The molecule has 0 fully saturated rings. The molecule has 1 N–H and O–H groups in total. The molecule has 0 aliphatic rings. The van der Waals surface area contributed by atoms with Gasteiger partial charge in [-0.15, -0.1) is 0 Å². The summed E-state index contributed by atoms with van der Waals surface area (Å²) < 4.78 is 31.3. The molecule has 0 bridgehead atoms. The number of hydrogen-bond acceptors (Lipinski definition) is 2. The van der Waals surface area contributed by atoms with E-state index in [9.17, 15) is 8.78 Å². The Morgan fingerprint density at radius 1 is 1.31 bits per heavy atom. The van der Waals surface area contributed by atoms with Crippen LogP contribution in [-0.4, -0.2) is 13.2 Å². The highest BCUT2D eigenvalue weighted by Crippen LogP contribution is 2.25. The molecule has 1 rings (SSSR count). The van der Waals surface area contributed by atoms with Gasteiger partial charge in [-0.3, -0.25) is 0 Å². The predicted molar refractivity (Wildman–Crippen MR) is 60.9 cm³/mol. The fourth-order valence-corrected chi connectivity index (χ4v) is 1.63. The van der Waals surface area contributed by atoms with E-state index in [-0.39, 0.29) is 11.8 Å². The maximum absolute atomic E-state index is 13.3. The third kappa shape index (κ3) is 3.08. The Labute approximate surface area is 94.6 Å². The largest absolute Gasteiger partial charge is 0.491 e. The van der Waals surface area contributed by atoms with Gasteiger partial charge in [0.1, 0.15) is 0 Å². The number of rotatable bonds is 5. The minimum atomic E-state index is -0.686. The van der Waals surface area contributed by atoms with E-state index >= 15 is 0 Å². The van der Waals surface area contributed by atoms with Crippen molar-refractivity contribution in [1.82, 2.24) is 0 Å². The number of halogens is 2. The van der Waals surface area contributed by atoms with Crippen molar-refractivity contribution in [2.75, 3.05) is 12.4 Å². The van der Waals surface area contributed by atoms with Gasteiger partial charge in [-0.05, 0) is 13.3 Å². The van der Waals surface area contributed by atoms with Crippen LogP contribution >= 0.6 is 0 Å². The van der Waals surface area contributed by atoms with Crippen LogP contribution in [0.5, 0.6) is 5.75 Å². The zero-order valence-electron chi connectivity index (χ0n) is 9.81. The smallest absolute Gasteiger partial charge is 0.190 e. The molecule has 1 aromatic rings. The summed E-state index contributed by atoms with van der Waals surface area (Å²) in [6.07, 6.45) is 1.98. The first kappa shape index (κ1) is 12.7. The van der Waals surface area contributed by atoms with E-state index in [0.29, 0.717) is 5.69 Å². The number of benzene rings is 1. The van der Waals surface area contributed by atoms with E-state index in [0.717, 1.165) is 12.8 Å². The van der Waals surface area contributed by atoms with Crippen LogP contribution in [0.1, 0.15) is 26.7 Å². The first-order chi connectivity index (χ1) is 7.58. The summed E-state index contributed by atoms with van der Waals surface area (Å²) in [6, 6.07) is 2.68. The van der Waals surface area contributed by atoms with E-state index in [1.807, 2.05) is 6.92 Å². The number of ether oxygens (including phenoxy) is 1. The lowest BCUT2D eigenvalue weighted by Crippen LogP contribution is -2.14. The summed E-state index contributed by atoms with van der Waals surface area (Å²) in [5.41, 5.74) is 0.441. The molecule has 2 nitrogen and oxygen atoms in total. The van der Waals surface area contributed by atoms with Crippen molar-refractivity contribution < 1.29 is 13.5 Å². The number of methoxy groups -OCH3 is 1. The first-order valence-corrected chi connectivity index (χ1v) is 5.38. The van der Waals surface area contributed by atoms with Gasteiger partial charge in [-0.25, -0.2) is 8.78 Å². The number of anilines is 1. The van der Waals surface area contributed by atoms with Crippen molar-refractivity contribution in [3.05, 3.63) is 23.8 Å². The summed E-state index contributed by atoms with van der Waals surface area (Å²) in [5.74, 6) is -1.71. The molecule has 0 aliphatic carbocycles. The van der Waals surface area contributed by atoms with Crippen LogP contribution in [0.25, 0.3) is 0 Å². The molecule has 90 valence electrons. The average molecular weight is 229 g/mol. The number of nitrogens with one attached hydrogen (secondary N) is 1. The van der Waals surface area contributed by atoms with Crippen molar-refractivity contribution in [3.63, 3.8) is 0 Å². The minimum Gasteiger partial charge on any atom is -0.491 e. The molecule has 0 spiro atoms. The van der Waals surface area contributed by atoms with Crippen LogP contribution in [0.3, 0.4) is 0 Å². The second-order valence-electron chi connectivity index (χ2n) is 3.81. The van der Waals surface area contributed by atoms with Crippen molar-refractivity contribution in [1.29, 1.82) is 0 Å². The lowest BCUT2D eigenvalue weighted by molar-refractivity contribution is 0.360. The highest BCUT2D eigenvalue weighted by atomic mass is 19.1. The van der Waals surface area contributed by atoms with Crippen molar-refractivity contribution in [2.45, 2.75) is 32.7 Å². The van der Waals surface area contributed by atoms with Crippen LogP contribution in [0.2, 0.25) is 0 Å². The van der Waals surface area contributed by atoms with Gasteiger partial charge in [0, 0.05) is 23.9 Å². The standard InChI is InChI=1S/C12H17F2NO/c1-4-5-8(2)15-9-6-10(13)12(16-3)11(14)7-9/h6-8,15H,4-5H2,1-3H3. The van der Waals surface area contributed by atoms with Crippen LogP contribution in [0.15, 0.2) is 12.1 Å². The normalized spacial score (nSPS) is 12.3. The maximum Gasteiger partial charge on any atom is 0.190 e. The van der Waals surface area contributed by atoms with Gasteiger partial charge in [-0.1, -0.05) is 13.3 Å². The molecule has 4 heteroatoms. The Balaban J connectivity index is 2.83. The molecular weight excluding hydrogens is 212 g/mol. The Morgan fingerprint density at radius 3 is 2.31 bits per heavy atom. The first-order valence-electron chi connectivity index (χ1n) is 5.38. The van der Waals surface area contributed by atoms with E-state index in [1.165, 1.54) is 19.2 Å². The second kappa shape index (κ2) is 5.68. The predicted octanol–water partition coefficient (Wildman–Crippen LogP) is 3.57. The molecule has 0 heterocycles. The lowest BCUT2D eigenvalue weighted by Gasteiger charge is -2.15. The van der Waals surface area contributed by atoms with Gasteiger partial charge in [0.2, 0.25) is 0 Å². The second-order valence-corrected chi connectivity index (χ2v) is 3.81. The lowest BCUT2D eigenvalue weighted by atomic mass is 10.2. The van der Waals surface area contributed by atoms with E-state index < -0.39 is 11.6 Å². The van der Waals surface area contributed by atoms with E-state index in [4.69, 9.17) is 0 Å². The summed E-state index contributed by atoms with van der Waals surface area (Å²) in [4.78, 5) is 0. The van der Waals surface area contributed by atoms with Crippen molar-refractivity contribution >= 4 is 5.69 Å². The molecule has 16 heavy (non-hydrogen) atoms. The zero-order valence-corrected chi connectivity index (χ0v) is 9.81.